The summed E-state index contributed by atoms with van der Waals surface area (Å²) in [5, 5.41) is 5.42. The van der Waals surface area contributed by atoms with E-state index >= 15 is 0 Å². The van der Waals surface area contributed by atoms with Crippen molar-refractivity contribution in [2.45, 2.75) is 25.9 Å². The predicted octanol–water partition coefficient (Wildman–Crippen LogP) is 1.41. The third kappa shape index (κ3) is 2.93. The molecule has 0 spiro atoms. The van der Waals surface area contributed by atoms with E-state index in [4.69, 9.17) is 4.74 Å². The number of aromatic nitrogens is 2. The van der Waals surface area contributed by atoms with Crippen molar-refractivity contribution in [1.82, 2.24) is 19.6 Å². The minimum Gasteiger partial charge on any atom is -0.368 e. The van der Waals surface area contributed by atoms with E-state index in [1.807, 2.05) is 34.5 Å². The zero-order chi connectivity index (χ0) is 17.6. The Morgan fingerprint density at radius 2 is 1.96 bits per heavy atom. The second kappa shape index (κ2) is 6.42. The summed E-state index contributed by atoms with van der Waals surface area (Å²) in [7, 11) is 1.90. The third-order valence-corrected chi connectivity index (χ3v) is 6.18. The van der Waals surface area contributed by atoms with Crippen molar-refractivity contribution in [3.63, 3.8) is 0 Å². The molecule has 8 heteroatoms. The molecule has 2 aliphatic heterocycles. The molecule has 0 saturated carbocycles. The Kier molecular flexibility index (Phi) is 4.24. The quantitative estimate of drug-likeness (QED) is 0.810. The zero-order valence-electron chi connectivity index (χ0n) is 14.5. The highest BCUT2D eigenvalue weighted by Gasteiger charge is 2.32. The van der Waals surface area contributed by atoms with Crippen LogP contribution >= 0.6 is 11.3 Å². The van der Waals surface area contributed by atoms with Crippen LogP contribution in [-0.2, 0) is 16.6 Å². The molecule has 2 fully saturated rings. The average molecular weight is 362 g/mol. The van der Waals surface area contributed by atoms with Gasteiger partial charge in [-0.2, -0.15) is 5.10 Å². The van der Waals surface area contributed by atoms with Crippen molar-refractivity contribution >= 4 is 33.4 Å². The van der Waals surface area contributed by atoms with Gasteiger partial charge in [-0.15, -0.1) is 11.3 Å². The van der Waals surface area contributed by atoms with Gasteiger partial charge in [0.25, 0.3) is 11.8 Å². The highest BCUT2D eigenvalue weighted by atomic mass is 32.1. The normalized spacial score (nSPS) is 21.3. The number of rotatable bonds is 2. The summed E-state index contributed by atoms with van der Waals surface area (Å²) in [5.74, 6) is 0.123. The van der Waals surface area contributed by atoms with Crippen molar-refractivity contribution < 1.29 is 14.3 Å². The number of fused-ring (bicyclic) bond motifs is 1. The van der Waals surface area contributed by atoms with Crippen LogP contribution in [0.1, 0.15) is 28.2 Å². The molecule has 1 atom stereocenters. The number of hydrogen-bond acceptors (Lipinski definition) is 5. The number of carbonyl (C=O) groups is 2. The first-order valence-corrected chi connectivity index (χ1v) is 9.49. The van der Waals surface area contributed by atoms with Crippen LogP contribution in [0.4, 0.5) is 0 Å². The van der Waals surface area contributed by atoms with Gasteiger partial charge in [-0.05, 0) is 25.8 Å². The Labute approximate surface area is 150 Å². The summed E-state index contributed by atoms with van der Waals surface area (Å²) >= 11 is 1.48. The molecule has 2 saturated heterocycles. The first-order valence-electron chi connectivity index (χ1n) is 8.67. The fraction of sp³-hybridized carbons (Fsp3) is 0.588. The predicted molar refractivity (Wildman–Crippen MR) is 94.8 cm³/mol. The van der Waals surface area contributed by atoms with E-state index in [1.54, 1.807) is 0 Å². The Morgan fingerprint density at radius 3 is 2.60 bits per heavy atom. The molecule has 0 N–H and O–H groups in total. The fourth-order valence-corrected chi connectivity index (χ4v) is 4.66. The molecule has 134 valence electrons. The molecular formula is C17H22N4O3S. The molecule has 0 bridgehead atoms. The number of piperazine rings is 1. The molecule has 25 heavy (non-hydrogen) atoms. The van der Waals surface area contributed by atoms with E-state index in [0.29, 0.717) is 32.8 Å². The molecular weight excluding hydrogens is 340 g/mol. The minimum absolute atomic E-state index is 0.0461. The van der Waals surface area contributed by atoms with Gasteiger partial charge in [0.1, 0.15) is 10.9 Å². The summed E-state index contributed by atoms with van der Waals surface area (Å²) < 4.78 is 7.30. The summed E-state index contributed by atoms with van der Waals surface area (Å²) in [6.07, 6.45) is 1.49. The van der Waals surface area contributed by atoms with Gasteiger partial charge in [0, 0.05) is 45.2 Å². The monoisotopic (exact) mass is 362 g/mol. The maximum absolute atomic E-state index is 12.8. The Balaban J connectivity index is 1.41. The van der Waals surface area contributed by atoms with E-state index in [-0.39, 0.29) is 17.9 Å². The molecule has 0 radical (unpaired) electrons. The Morgan fingerprint density at radius 1 is 1.24 bits per heavy atom. The standard InChI is InChI=1S/C17H22N4O3S/c1-11-12-10-14(25-17(12)19(2)18-11)16(23)21-7-5-20(6-8-21)15(22)13-4-3-9-24-13/h10,13H,3-9H2,1-2H3. The van der Waals surface area contributed by atoms with E-state index in [1.165, 1.54) is 11.3 Å². The van der Waals surface area contributed by atoms with E-state index < -0.39 is 0 Å². The van der Waals surface area contributed by atoms with E-state index in [0.717, 1.165) is 33.6 Å². The average Bonchev–Trinajstić information content (AvgIpc) is 3.34. The number of aryl methyl sites for hydroxylation is 2. The summed E-state index contributed by atoms with van der Waals surface area (Å²) in [4.78, 5) is 30.6. The molecule has 1 unspecified atom stereocenters. The number of hydrogen-bond donors (Lipinski definition) is 0. The van der Waals surface area contributed by atoms with Crippen LogP contribution < -0.4 is 0 Å². The van der Waals surface area contributed by atoms with Crippen molar-refractivity contribution in [2.24, 2.45) is 7.05 Å². The number of thiophene rings is 1. The third-order valence-electron chi connectivity index (χ3n) is 4.99. The van der Waals surface area contributed by atoms with Crippen LogP contribution in [0.25, 0.3) is 10.2 Å². The largest absolute Gasteiger partial charge is 0.368 e. The fourth-order valence-electron chi connectivity index (χ4n) is 3.57. The number of nitrogens with zero attached hydrogens (tertiary/aromatic N) is 4. The lowest BCUT2D eigenvalue weighted by Gasteiger charge is -2.35. The van der Waals surface area contributed by atoms with Crippen molar-refractivity contribution in [3.8, 4) is 0 Å². The van der Waals surface area contributed by atoms with Crippen LogP contribution in [-0.4, -0.2) is 70.3 Å². The zero-order valence-corrected chi connectivity index (χ0v) is 15.3. The highest BCUT2D eigenvalue weighted by molar-refractivity contribution is 7.20. The van der Waals surface area contributed by atoms with Crippen molar-refractivity contribution in [3.05, 3.63) is 16.6 Å². The second-order valence-corrected chi connectivity index (χ2v) is 7.69. The maximum Gasteiger partial charge on any atom is 0.264 e. The molecule has 0 aromatic carbocycles. The van der Waals surface area contributed by atoms with Crippen molar-refractivity contribution in [1.29, 1.82) is 0 Å². The lowest BCUT2D eigenvalue weighted by molar-refractivity contribution is -0.142. The molecule has 2 aromatic rings. The van der Waals surface area contributed by atoms with Gasteiger partial charge < -0.3 is 14.5 Å². The number of ether oxygens (including phenoxy) is 1. The molecule has 2 aromatic heterocycles. The van der Waals surface area contributed by atoms with E-state index in [2.05, 4.69) is 5.10 Å². The van der Waals surface area contributed by atoms with Gasteiger partial charge >= 0.3 is 0 Å². The lowest BCUT2D eigenvalue weighted by Crippen LogP contribution is -2.52. The Hall–Kier alpha value is -1.93. The lowest BCUT2D eigenvalue weighted by atomic mass is 10.2. The molecule has 4 rings (SSSR count). The maximum atomic E-state index is 12.8. The smallest absolute Gasteiger partial charge is 0.264 e. The summed E-state index contributed by atoms with van der Waals surface area (Å²) in [6, 6.07) is 1.94. The molecule has 2 amide bonds. The van der Waals surface area contributed by atoms with Gasteiger partial charge in [0.15, 0.2) is 0 Å². The van der Waals surface area contributed by atoms with Crippen LogP contribution in [0.2, 0.25) is 0 Å². The van der Waals surface area contributed by atoms with Crippen LogP contribution in [0.15, 0.2) is 6.07 Å². The Bertz CT molecular complexity index is 779. The SMILES string of the molecule is Cc1nn(C)c2sc(C(=O)N3CCN(C(=O)C4CCCO4)CC3)cc12. The van der Waals surface area contributed by atoms with Gasteiger partial charge in [-0.1, -0.05) is 0 Å². The van der Waals surface area contributed by atoms with Crippen molar-refractivity contribution in [2.75, 3.05) is 32.8 Å². The molecule has 4 heterocycles. The molecule has 0 aliphatic carbocycles. The molecule has 7 nitrogen and oxygen atoms in total. The van der Waals surface area contributed by atoms with E-state index in [9.17, 15) is 9.59 Å². The number of carbonyl (C=O) groups excluding carboxylic acids is 2. The minimum atomic E-state index is -0.277. The van der Waals surface area contributed by atoms with Gasteiger partial charge in [-0.3, -0.25) is 14.3 Å². The second-order valence-electron chi connectivity index (χ2n) is 6.66. The van der Waals surface area contributed by atoms with Gasteiger partial charge in [0.2, 0.25) is 0 Å². The highest BCUT2D eigenvalue weighted by Crippen LogP contribution is 2.28. The van der Waals surface area contributed by atoms with Gasteiger partial charge in [0.05, 0.1) is 10.6 Å². The van der Waals surface area contributed by atoms with Crippen LogP contribution in [0.5, 0.6) is 0 Å². The van der Waals surface area contributed by atoms with Crippen LogP contribution in [0.3, 0.4) is 0 Å². The first-order chi connectivity index (χ1) is 12.0. The number of amides is 2. The van der Waals surface area contributed by atoms with Crippen LogP contribution in [0, 0.1) is 6.92 Å². The first kappa shape index (κ1) is 16.5. The molecule has 2 aliphatic rings. The van der Waals surface area contributed by atoms with Gasteiger partial charge in [-0.25, -0.2) is 0 Å². The summed E-state index contributed by atoms with van der Waals surface area (Å²) in [5.41, 5.74) is 0.944. The summed E-state index contributed by atoms with van der Waals surface area (Å²) in [6.45, 7) is 4.94. The topological polar surface area (TPSA) is 67.7 Å².